The van der Waals surface area contributed by atoms with Gasteiger partial charge in [0.2, 0.25) is 5.78 Å². The lowest BCUT2D eigenvalue weighted by Gasteiger charge is -2.22. The van der Waals surface area contributed by atoms with Gasteiger partial charge in [0.1, 0.15) is 11.5 Å². The Hall–Kier alpha value is -3.02. The molecule has 0 saturated carbocycles. The molecule has 0 bridgehead atoms. The van der Waals surface area contributed by atoms with E-state index in [0.717, 1.165) is 0 Å². The summed E-state index contributed by atoms with van der Waals surface area (Å²) in [6.45, 7) is 1.34. The Bertz CT molecular complexity index is 850. The molecule has 0 amide bonds. The number of carbonyl (C=O) groups is 2. The van der Waals surface area contributed by atoms with Crippen LogP contribution in [0.4, 0.5) is 0 Å². The van der Waals surface area contributed by atoms with E-state index >= 15 is 0 Å². The molecule has 3 rings (SSSR count). The molecule has 0 fully saturated rings. The van der Waals surface area contributed by atoms with E-state index < -0.39 is 34.4 Å². The molecule has 0 saturated heterocycles. The first-order chi connectivity index (χ1) is 10.4. The highest BCUT2D eigenvalue weighted by atomic mass is 16.5. The average molecular weight is 300 g/mol. The normalized spacial score (nSPS) is 12.8. The molecular formula is C16H12O6. The highest BCUT2D eigenvalue weighted by Gasteiger charge is 2.38. The summed E-state index contributed by atoms with van der Waals surface area (Å²) < 4.78 is 5.09. The van der Waals surface area contributed by atoms with E-state index in [4.69, 9.17) is 4.74 Å². The van der Waals surface area contributed by atoms with Crippen LogP contribution in [0, 0.1) is 6.92 Å². The Labute approximate surface area is 125 Å². The molecule has 1 aliphatic rings. The van der Waals surface area contributed by atoms with Crippen LogP contribution in [0.15, 0.2) is 18.2 Å². The molecule has 2 aromatic carbocycles. The monoisotopic (exact) mass is 300 g/mol. The number of benzene rings is 2. The molecule has 22 heavy (non-hydrogen) atoms. The van der Waals surface area contributed by atoms with Gasteiger partial charge in [0, 0.05) is 11.1 Å². The Morgan fingerprint density at radius 1 is 0.864 bits per heavy atom. The summed E-state index contributed by atoms with van der Waals surface area (Å²) in [5.74, 6) is -2.99. The number of ketones is 2. The van der Waals surface area contributed by atoms with Crippen molar-refractivity contribution in [1.82, 2.24) is 0 Å². The van der Waals surface area contributed by atoms with E-state index in [-0.39, 0.29) is 28.0 Å². The van der Waals surface area contributed by atoms with Gasteiger partial charge in [-0.1, -0.05) is 12.1 Å². The van der Waals surface area contributed by atoms with E-state index in [1.807, 2.05) is 0 Å². The number of aromatic hydroxyl groups is 3. The van der Waals surface area contributed by atoms with Gasteiger partial charge in [0.15, 0.2) is 17.3 Å². The van der Waals surface area contributed by atoms with Crippen molar-refractivity contribution in [3.63, 3.8) is 0 Å². The Morgan fingerprint density at radius 3 is 2.14 bits per heavy atom. The lowest BCUT2D eigenvalue weighted by atomic mass is 9.81. The molecule has 0 atom stereocenters. The van der Waals surface area contributed by atoms with Crippen molar-refractivity contribution < 1.29 is 29.6 Å². The van der Waals surface area contributed by atoms with Gasteiger partial charge in [-0.2, -0.15) is 0 Å². The van der Waals surface area contributed by atoms with Crippen LogP contribution >= 0.6 is 0 Å². The maximum atomic E-state index is 12.7. The van der Waals surface area contributed by atoms with Crippen molar-refractivity contribution in [3.05, 3.63) is 46.0 Å². The summed E-state index contributed by atoms with van der Waals surface area (Å²) in [7, 11) is 1.35. The lowest BCUT2D eigenvalue weighted by Crippen LogP contribution is -2.22. The van der Waals surface area contributed by atoms with Crippen LogP contribution in [0.25, 0.3) is 0 Å². The summed E-state index contributed by atoms with van der Waals surface area (Å²) in [4.78, 5) is 25.3. The summed E-state index contributed by atoms with van der Waals surface area (Å²) in [5, 5.41) is 30.0. The standard InChI is InChI=1S/C16H12O6/c1-6-12(17)10-11(16(21)13(6)18)15(20)9-7(14(10)19)4-3-5-8(9)22-2/h3-5,17-18,21H,1-2H3. The Morgan fingerprint density at radius 2 is 1.50 bits per heavy atom. The van der Waals surface area contributed by atoms with E-state index in [0.29, 0.717) is 0 Å². The number of phenolic OH excluding ortho intramolecular Hbond substituents is 3. The van der Waals surface area contributed by atoms with Crippen molar-refractivity contribution in [2.75, 3.05) is 7.11 Å². The van der Waals surface area contributed by atoms with Gasteiger partial charge in [-0.05, 0) is 13.0 Å². The predicted molar refractivity (Wildman–Crippen MR) is 76.0 cm³/mol. The highest BCUT2D eigenvalue weighted by molar-refractivity contribution is 6.31. The first-order valence-electron chi connectivity index (χ1n) is 6.44. The molecule has 0 spiro atoms. The third kappa shape index (κ3) is 1.54. The molecule has 112 valence electrons. The van der Waals surface area contributed by atoms with Crippen LogP contribution in [0.3, 0.4) is 0 Å². The molecular weight excluding hydrogens is 288 g/mol. The van der Waals surface area contributed by atoms with E-state index in [1.165, 1.54) is 26.2 Å². The maximum Gasteiger partial charge on any atom is 0.202 e. The van der Waals surface area contributed by atoms with Crippen LogP contribution in [0.2, 0.25) is 0 Å². The second kappa shape index (κ2) is 4.49. The van der Waals surface area contributed by atoms with Crippen LogP contribution < -0.4 is 4.74 Å². The fourth-order valence-corrected chi connectivity index (χ4v) is 2.66. The van der Waals surface area contributed by atoms with Gasteiger partial charge in [0.05, 0.1) is 23.8 Å². The van der Waals surface area contributed by atoms with E-state index in [2.05, 4.69) is 0 Å². The topological polar surface area (TPSA) is 104 Å². The number of carbonyl (C=O) groups excluding carboxylic acids is 2. The van der Waals surface area contributed by atoms with Crippen LogP contribution in [0.5, 0.6) is 23.0 Å². The van der Waals surface area contributed by atoms with Gasteiger partial charge in [-0.25, -0.2) is 0 Å². The maximum absolute atomic E-state index is 12.7. The lowest BCUT2D eigenvalue weighted by molar-refractivity contribution is 0.0971. The van der Waals surface area contributed by atoms with Crippen LogP contribution in [-0.2, 0) is 0 Å². The van der Waals surface area contributed by atoms with Crippen molar-refractivity contribution >= 4 is 11.6 Å². The Kier molecular flexibility index (Phi) is 2.84. The average Bonchev–Trinajstić information content (AvgIpc) is 2.53. The zero-order chi connectivity index (χ0) is 16.2. The van der Waals surface area contributed by atoms with Gasteiger partial charge < -0.3 is 20.1 Å². The number of ether oxygens (including phenoxy) is 1. The van der Waals surface area contributed by atoms with Gasteiger partial charge >= 0.3 is 0 Å². The second-order valence-electron chi connectivity index (χ2n) is 4.96. The fourth-order valence-electron chi connectivity index (χ4n) is 2.66. The van der Waals surface area contributed by atoms with Crippen molar-refractivity contribution in [2.45, 2.75) is 6.92 Å². The van der Waals surface area contributed by atoms with Crippen molar-refractivity contribution in [2.24, 2.45) is 0 Å². The molecule has 0 unspecified atom stereocenters. The summed E-state index contributed by atoms with van der Waals surface area (Å²) in [6, 6.07) is 4.51. The van der Waals surface area contributed by atoms with Gasteiger partial charge in [0.25, 0.3) is 0 Å². The van der Waals surface area contributed by atoms with Crippen LogP contribution in [-0.4, -0.2) is 34.0 Å². The molecule has 6 heteroatoms. The minimum atomic E-state index is -0.722. The minimum Gasteiger partial charge on any atom is -0.507 e. The predicted octanol–water partition coefficient (Wildman–Crippen LogP) is 1.90. The molecule has 6 nitrogen and oxygen atoms in total. The second-order valence-corrected chi connectivity index (χ2v) is 4.96. The first-order valence-corrected chi connectivity index (χ1v) is 6.44. The van der Waals surface area contributed by atoms with E-state index in [1.54, 1.807) is 6.07 Å². The number of hydrogen-bond donors (Lipinski definition) is 3. The van der Waals surface area contributed by atoms with Crippen LogP contribution in [0.1, 0.15) is 37.4 Å². The zero-order valence-electron chi connectivity index (χ0n) is 11.8. The molecule has 1 aliphatic carbocycles. The summed E-state index contributed by atoms with van der Waals surface area (Å²) >= 11 is 0. The third-order valence-electron chi connectivity index (χ3n) is 3.83. The summed E-state index contributed by atoms with van der Waals surface area (Å²) in [6.07, 6.45) is 0. The van der Waals surface area contributed by atoms with E-state index in [9.17, 15) is 24.9 Å². The molecule has 0 aliphatic heterocycles. The summed E-state index contributed by atoms with van der Waals surface area (Å²) in [5.41, 5.74) is -0.706. The quantitative estimate of drug-likeness (QED) is 0.468. The Balaban J connectivity index is 2.45. The molecule has 2 aromatic rings. The number of fused-ring (bicyclic) bond motifs is 2. The fraction of sp³-hybridized carbons (Fsp3) is 0.125. The van der Waals surface area contributed by atoms with Crippen molar-refractivity contribution in [1.29, 1.82) is 0 Å². The minimum absolute atomic E-state index is 0.000420. The number of phenols is 3. The third-order valence-corrected chi connectivity index (χ3v) is 3.83. The zero-order valence-corrected chi connectivity index (χ0v) is 11.8. The van der Waals surface area contributed by atoms with Gasteiger partial charge in [-0.3, -0.25) is 9.59 Å². The number of methoxy groups -OCH3 is 1. The SMILES string of the molecule is COc1cccc2c1C(=O)c1c(O)c(O)c(C)c(O)c1C2=O. The molecule has 0 aromatic heterocycles. The smallest absolute Gasteiger partial charge is 0.202 e. The molecule has 3 N–H and O–H groups in total. The highest BCUT2D eigenvalue weighted by Crippen LogP contribution is 2.47. The van der Waals surface area contributed by atoms with Crippen molar-refractivity contribution in [3.8, 4) is 23.0 Å². The first kappa shape index (κ1) is 13.9. The molecule has 0 heterocycles. The number of rotatable bonds is 1. The largest absolute Gasteiger partial charge is 0.507 e. The number of hydrogen-bond acceptors (Lipinski definition) is 6. The molecule has 0 radical (unpaired) electrons. The van der Waals surface area contributed by atoms with Gasteiger partial charge in [-0.15, -0.1) is 0 Å².